The molecule has 1 atom stereocenters. The molecule has 0 fully saturated rings. The zero-order chi connectivity index (χ0) is 25.9. The van der Waals surface area contributed by atoms with Crippen molar-refractivity contribution in [3.8, 4) is 11.1 Å². The minimum Gasteiger partial charge on any atom is -0.480 e. The van der Waals surface area contributed by atoms with E-state index in [9.17, 15) is 19.5 Å². The summed E-state index contributed by atoms with van der Waals surface area (Å²) in [7, 11) is 0. The molecule has 2 N–H and O–H groups in total. The van der Waals surface area contributed by atoms with Crippen molar-refractivity contribution in [2.24, 2.45) is 0 Å². The van der Waals surface area contributed by atoms with Crippen LogP contribution in [0.2, 0.25) is 0 Å². The highest BCUT2D eigenvalue weighted by atomic mass is 16.6. The van der Waals surface area contributed by atoms with Crippen molar-refractivity contribution >= 4 is 18.0 Å². The van der Waals surface area contributed by atoms with E-state index in [1.807, 2.05) is 48.5 Å². The molecule has 4 rings (SSSR count). The molecule has 0 spiro atoms. The molecule has 3 aromatic rings. The van der Waals surface area contributed by atoms with Gasteiger partial charge in [0, 0.05) is 12.3 Å². The van der Waals surface area contributed by atoms with Crippen LogP contribution < -0.4 is 5.32 Å². The number of amides is 1. The summed E-state index contributed by atoms with van der Waals surface area (Å²) >= 11 is 0. The van der Waals surface area contributed by atoms with Gasteiger partial charge in [-0.1, -0.05) is 60.7 Å². The lowest BCUT2D eigenvalue weighted by Crippen LogP contribution is -2.43. The molecule has 0 aromatic heterocycles. The number of nitrogens with one attached hydrogen (secondary N) is 1. The van der Waals surface area contributed by atoms with Crippen LogP contribution in [0.15, 0.2) is 72.8 Å². The van der Waals surface area contributed by atoms with Gasteiger partial charge in [-0.15, -0.1) is 0 Å². The summed E-state index contributed by atoms with van der Waals surface area (Å²) in [6, 6.07) is 21.3. The number of aliphatic carboxylic acids is 1. The van der Waals surface area contributed by atoms with Crippen molar-refractivity contribution in [2.45, 2.75) is 44.8 Å². The predicted octanol–water partition coefficient (Wildman–Crippen LogP) is 5.18. The molecule has 0 aliphatic heterocycles. The fourth-order valence-corrected chi connectivity index (χ4v) is 4.38. The fourth-order valence-electron chi connectivity index (χ4n) is 4.38. The molecular weight excluding hydrogens is 458 g/mol. The van der Waals surface area contributed by atoms with Crippen LogP contribution in [0, 0.1) is 0 Å². The third-order valence-electron chi connectivity index (χ3n) is 5.94. The number of hydrogen-bond donors (Lipinski definition) is 2. The second kappa shape index (κ2) is 10.2. The Morgan fingerprint density at radius 2 is 1.53 bits per heavy atom. The Kier molecular flexibility index (Phi) is 7.10. The molecule has 0 heterocycles. The monoisotopic (exact) mass is 487 g/mol. The summed E-state index contributed by atoms with van der Waals surface area (Å²) in [6.45, 7) is 5.40. The van der Waals surface area contributed by atoms with Gasteiger partial charge in [0.25, 0.3) is 0 Å². The highest BCUT2D eigenvalue weighted by molar-refractivity contribution is 5.90. The molecule has 186 valence electrons. The molecule has 0 radical (unpaired) electrons. The van der Waals surface area contributed by atoms with E-state index in [0.717, 1.165) is 22.3 Å². The Morgan fingerprint density at radius 1 is 0.917 bits per heavy atom. The van der Waals surface area contributed by atoms with Crippen molar-refractivity contribution in [2.75, 3.05) is 6.61 Å². The minimum absolute atomic E-state index is 0.0177. The van der Waals surface area contributed by atoms with Gasteiger partial charge in [-0.2, -0.15) is 0 Å². The molecule has 7 nitrogen and oxygen atoms in total. The van der Waals surface area contributed by atoms with Gasteiger partial charge in [0.2, 0.25) is 0 Å². The Morgan fingerprint density at radius 3 is 2.11 bits per heavy atom. The Labute approximate surface area is 210 Å². The maximum atomic E-state index is 12.6. The Hall–Kier alpha value is -4.13. The number of ether oxygens (including phenoxy) is 2. The largest absolute Gasteiger partial charge is 0.480 e. The van der Waals surface area contributed by atoms with Gasteiger partial charge in [0.1, 0.15) is 18.2 Å². The first-order valence-electron chi connectivity index (χ1n) is 11.8. The SMILES string of the molecule is CC(C)(C)OC(=O)c1cccc(CC(NC(=O)OCC2c3ccccc3-c3ccccc32)C(=O)O)c1. The maximum Gasteiger partial charge on any atom is 0.407 e. The minimum atomic E-state index is -1.23. The average Bonchev–Trinajstić information content (AvgIpc) is 3.15. The van der Waals surface area contributed by atoms with E-state index in [4.69, 9.17) is 9.47 Å². The van der Waals surface area contributed by atoms with Gasteiger partial charge in [0.15, 0.2) is 0 Å². The van der Waals surface area contributed by atoms with E-state index in [1.165, 1.54) is 0 Å². The number of benzene rings is 3. The lowest BCUT2D eigenvalue weighted by Gasteiger charge is -2.20. The second-order valence-electron chi connectivity index (χ2n) is 9.77. The van der Waals surface area contributed by atoms with Crippen LogP contribution in [0.4, 0.5) is 4.79 Å². The molecule has 1 unspecified atom stereocenters. The topological polar surface area (TPSA) is 102 Å². The quantitative estimate of drug-likeness (QED) is 0.446. The predicted molar refractivity (Wildman–Crippen MR) is 135 cm³/mol. The van der Waals surface area contributed by atoms with Crippen molar-refractivity contribution in [1.29, 1.82) is 0 Å². The summed E-state index contributed by atoms with van der Waals surface area (Å²) in [4.78, 5) is 36.8. The third-order valence-corrected chi connectivity index (χ3v) is 5.94. The molecular formula is C29H29NO6. The van der Waals surface area contributed by atoms with E-state index in [1.54, 1.807) is 45.0 Å². The van der Waals surface area contributed by atoms with Crippen molar-refractivity contribution in [3.05, 3.63) is 95.1 Å². The van der Waals surface area contributed by atoms with Crippen LogP contribution in [-0.2, 0) is 20.7 Å². The lowest BCUT2D eigenvalue weighted by atomic mass is 9.98. The van der Waals surface area contributed by atoms with Crippen molar-refractivity contribution in [1.82, 2.24) is 5.32 Å². The van der Waals surface area contributed by atoms with Crippen LogP contribution in [-0.4, -0.2) is 41.4 Å². The summed E-state index contributed by atoms with van der Waals surface area (Å²) in [6.07, 6.45) is -0.830. The number of esters is 1. The number of rotatable bonds is 7. The third kappa shape index (κ3) is 5.74. The average molecular weight is 488 g/mol. The Bertz CT molecular complexity index is 1250. The summed E-state index contributed by atoms with van der Waals surface area (Å²) in [5.41, 5.74) is 4.59. The van der Waals surface area contributed by atoms with E-state index in [2.05, 4.69) is 5.32 Å². The molecule has 1 aliphatic carbocycles. The van der Waals surface area contributed by atoms with Crippen LogP contribution in [0.1, 0.15) is 53.7 Å². The number of carbonyl (C=O) groups is 3. The van der Waals surface area contributed by atoms with Gasteiger partial charge in [-0.25, -0.2) is 14.4 Å². The normalized spacial score (nSPS) is 13.3. The van der Waals surface area contributed by atoms with Gasteiger partial charge >= 0.3 is 18.0 Å². The Balaban J connectivity index is 1.41. The van der Waals surface area contributed by atoms with Crippen molar-refractivity contribution in [3.63, 3.8) is 0 Å². The van der Waals surface area contributed by atoms with E-state index in [0.29, 0.717) is 11.1 Å². The van der Waals surface area contributed by atoms with Gasteiger partial charge < -0.3 is 19.9 Å². The number of carbonyl (C=O) groups excluding carboxylic acids is 2. The molecule has 0 saturated heterocycles. The molecule has 1 amide bonds. The van der Waals surface area contributed by atoms with Gasteiger partial charge in [-0.05, 0) is 60.7 Å². The van der Waals surface area contributed by atoms with E-state index in [-0.39, 0.29) is 18.9 Å². The van der Waals surface area contributed by atoms with Crippen LogP contribution >= 0.6 is 0 Å². The van der Waals surface area contributed by atoms with Crippen molar-refractivity contribution < 1.29 is 29.0 Å². The molecule has 7 heteroatoms. The molecule has 36 heavy (non-hydrogen) atoms. The standard InChI is InChI=1S/C29H29NO6/c1-29(2,3)36-27(33)19-10-8-9-18(15-19)16-25(26(31)32)30-28(34)35-17-24-22-13-6-4-11-20(22)21-12-5-7-14-23(21)24/h4-15,24-25H,16-17H2,1-3H3,(H,30,34)(H,31,32). The number of carboxylic acids is 1. The molecule has 1 aliphatic rings. The van der Waals surface area contributed by atoms with Crippen LogP contribution in [0.3, 0.4) is 0 Å². The zero-order valence-corrected chi connectivity index (χ0v) is 20.5. The number of hydrogen-bond acceptors (Lipinski definition) is 5. The fraction of sp³-hybridized carbons (Fsp3) is 0.276. The molecule has 0 bridgehead atoms. The first kappa shape index (κ1) is 25.0. The second-order valence-corrected chi connectivity index (χ2v) is 9.77. The molecule has 0 saturated carbocycles. The summed E-state index contributed by atoms with van der Waals surface area (Å²) in [5, 5.41) is 12.1. The number of fused-ring (bicyclic) bond motifs is 3. The van der Waals surface area contributed by atoms with E-state index < -0.39 is 29.7 Å². The first-order valence-corrected chi connectivity index (χ1v) is 11.8. The summed E-state index contributed by atoms with van der Waals surface area (Å²) in [5.74, 6) is -1.83. The molecule has 3 aromatic carbocycles. The maximum absolute atomic E-state index is 12.6. The first-order chi connectivity index (χ1) is 17.1. The zero-order valence-electron chi connectivity index (χ0n) is 20.5. The number of alkyl carbamates (subject to hydrolysis) is 1. The van der Waals surface area contributed by atoms with E-state index >= 15 is 0 Å². The number of carboxylic acid groups (broad SMARTS) is 1. The summed E-state index contributed by atoms with van der Waals surface area (Å²) < 4.78 is 10.9. The van der Waals surface area contributed by atoms with Gasteiger partial charge in [-0.3, -0.25) is 0 Å². The van der Waals surface area contributed by atoms with Crippen LogP contribution in [0.25, 0.3) is 11.1 Å². The lowest BCUT2D eigenvalue weighted by molar-refractivity contribution is -0.139. The smallest absolute Gasteiger partial charge is 0.407 e. The highest BCUT2D eigenvalue weighted by Crippen LogP contribution is 2.44. The van der Waals surface area contributed by atoms with Gasteiger partial charge in [0.05, 0.1) is 5.56 Å². The highest BCUT2D eigenvalue weighted by Gasteiger charge is 2.30. The van der Waals surface area contributed by atoms with Crippen LogP contribution in [0.5, 0.6) is 0 Å².